The summed E-state index contributed by atoms with van der Waals surface area (Å²) in [5.74, 6) is 0.944. The van der Waals surface area contributed by atoms with Crippen LogP contribution in [-0.2, 0) is 0 Å². The van der Waals surface area contributed by atoms with Crippen molar-refractivity contribution in [3.63, 3.8) is 0 Å². The van der Waals surface area contributed by atoms with Crippen molar-refractivity contribution in [3.05, 3.63) is 59.6 Å². The fourth-order valence-electron chi connectivity index (χ4n) is 1.92. The summed E-state index contributed by atoms with van der Waals surface area (Å²) in [6, 6.07) is 16.4. The molecule has 3 rings (SSSR count). The van der Waals surface area contributed by atoms with Crippen LogP contribution in [0.25, 0.3) is 10.9 Å². The van der Waals surface area contributed by atoms with Gasteiger partial charge in [-0.1, -0.05) is 23.7 Å². The Balaban J connectivity index is 1.98. The van der Waals surface area contributed by atoms with E-state index in [0.29, 0.717) is 10.8 Å². The van der Waals surface area contributed by atoms with Gasteiger partial charge in [0, 0.05) is 16.1 Å². The third-order valence-corrected chi connectivity index (χ3v) is 3.04. The van der Waals surface area contributed by atoms with Gasteiger partial charge in [0.05, 0.1) is 5.52 Å². The molecule has 2 aromatic carbocycles. The second-order valence-electron chi connectivity index (χ2n) is 4.18. The number of nitrogens with zero attached hydrogens (tertiary/aromatic N) is 1. The van der Waals surface area contributed by atoms with E-state index < -0.39 is 0 Å². The number of fused-ring (bicyclic) bond motifs is 1. The van der Waals surface area contributed by atoms with Gasteiger partial charge < -0.3 is 10.4 Å². The lowest BCUT2D eigenvalue weighted by Crippen LogP contribution is -1.93. The molecule has 4 heteroatoms. The molecule has 1 aromatic heterocycles. The number of aromatic nitrogens is 1. The van der Waals surface area contributed by atoms with E-state index in [-0.39, 0.29) is 5.75 Å². The molecule has 0 saturated carbocycles. The summed E-state index contributed by atoms with van der Waals surface area (Å²) in [6.45, 7) is 0. The number of anilines is 2. The zero-order chi connectivity index (χ0) is 13.2. The van der Waals surface area contributed by atoms with Crippen LogP contribution in [0.3, 0.4) is 0 Å². The van der Waals surface area contributed by atoms with Crippen LogP contribution in [0, 0.1) is 0 Å². The monoisotopic (exact) mass is 270 g/mol. The topological polar surface area (TPSA) is 45.2 Å². The highest BCUT2D eigenvalue weighted by Gasteiger charge is 2.02. The number of pyridine rings is 1. The number of aromatic hydroxyl groups is 1. The molecule has 0 saturated heterocycles. The van der Waals surface area contributed by atoms with Gasteiger partial charge in [-0.05, 0) is 42.5 Å². The van der Waals surface area contributed by atoms with Crippen LogP contribution in [0.5, 0.6) is 5.75 Å². The predicted molar refractivity (Wildman–Crippen MR) is 78.1 cm³/mol. The first-order chi connectivity index (χ1) is 9.22. The van der Waals surface area contributed by atoms with E-state index >= 15 is 0 Å². The number of hydrogen-bond acceptors (Lipinski definition) is 3. The van der Waals surface area contributed by atoms with Gasteiger partial charge in [0.25, 0.3) is 0 Å². The van der Waals surface area contributed by atoms with Crippen molar-refractivity contribution < 1.29 is 5.11 Å². The number of halogens is 1. The van der Waals surface area contributed by atoms with Gasteiger partial charge in [-0.2, -0.15) is 0 Å². The highest BCUT2D eigenvalue weighted by atomic mass is 35.5. The maximum absolute atomic E-state index is 9.71. The molecule has 0 radical (unpaired) electrons. The second-order valence-corrected chi connectivity index (χ2v) is 4.61. The minimum absolute atomic E-state index is 0.235. The summed E-state index contributed by atoms with van der Waals surface area (Å²) in [6.07, 6.45) is 0. The van der Waals surface area contributed by atoms with Crippen molar-refractivity contribution in [2.75, 3.05) is 5.32 Å². The van der Waals surface area contributed by atoms with E-state index in [2.05, 4.69) is 10.3 Å². The molecule has 3 aromatic rings. The second kappa shape index (κ2) is 4.78. The molecule has 0 aliphatic rings. The maximum Gasteiger partial charge on any atom is 0.131 e. The average molecular weight is 271 g/mol. The Labute approximate surface area is 115 Å². The largest absolute Gasteiger partial charge is 0.507 e. The zero-order valence-corrected chi connectivity index (χ0v) is 10.7. The summed E-state index contributed by atoms with van der Waals surface area (Å²) in [5.41, 5.74) is 1.62. The van der Waals surface area contributed by atoms with Crippen molar-refractivity contribution in [3.8, 4) is 5.75 Å². The first-order valence-electron chi connectivity index (χ1n) is 5.84. The Hall–Kier alpha value is -2.26. The first kappa shape index (κ1) is 11.8. The number of phenolic OH excluding ortho intramolecular Hbond substituents is 1. The highest BCUT2D eigenvalue weighted by Crippen LogP contribution is 2.25. The van der Waals surface area contributed by atoms with Gasteiger partial charge in [-0.25, -0.2) is 4.98 Å². The van der Waals surface area contributed by atoms with Gasteiger partial charge >= 0.3 is 0 Å². The van der Waals surface area contributed by atoms with Gasteiger partial charge in [-0.3, -0.25) is 0 Å². The lowest BCUT2D eigenvalue weighted by atomic mass is 10.2. The van der Waals surface area contributed by atoms with Gasteiger partial charge in [0.15, 0.2) is 0 Å². The number of phenols is 1. The van der Waals surface area contributed by atoms with Crippen LogP contribution in [0.1, 0.15) is 0 Å². The van der Waals surface area contributed by atoms with Gasteiger partial charge in [0.2, 0.25) is 0 Å². The van der Waals surface area contributed by atoms with Crippen molar-refractivity contribution in [2.45, 2.75) is 0 Å². The van der Waals surface area contributed by atoms with Crippen molar-refractivity contribution in [1.29, 1.82) is 0 Å². The molecule has 0 atom stereocenters. The highest BCUT2D eigenvalue weighted by molar-refractivity contribution is 6.30. The molecule has 0 aliphatic heterocycles. The standard InChI is InChI=1S/C15H11ClN2O/c16-10-3-1-4-11(9-10)17-15-8-7-12-13(18-15)5-2-6-14(12)19/h1-9,19H,(H,17,18). The Morgan fingerprint density at radius 3 is 2.68 bits per heavy atom. The van der Waals surface area contributed by atoms with Crippen LogP contribution in [0.2, 0.25) is 5.02 Å². The molecule has 0 amide bonds. The van der Waals surface area contributed by atoms with E-state index in [1.165, 1.54) is 0 Å². The third kappa shape index (κ3) is 2.46. The van der Waals surface area contributed by atoms with Crippen LogP contribution >= 0.6 is 11.6 Å². The molecule has 19 heavy (non-hydrogen) atoms. The van der Waals surface area contributed by atoms with Crippen molar-refractivity contribution in [1.82, 2.24) is 4.98 Å². The molecule has 1 heterocycles. The predicted octanol–water partition coefficient (Wildman–Crippen LogP) is 4.34. The lowest BCUT2D eigenvalue weighted by molar-refractivity contribution is 0.481. The molecule has 0 fully saturated rings. The Bertz CT molecular complexity index is 743. The third-order valence-electron chi connectivity index (χ3n) is 2.81. The summed E-state index contributed by atoms with van der Waals surface area (Å²) >= 11 is 5.93. The SMILES string of the molecule is Oc1cccc2nc(Nc3cccc(Cl)c3)ccc12. The summed E-state index contributed by atoms with van der Waals surface area (Å²) in [5, 5.41) is 14.3. The van der Waals surface area contributed by atoms with E-state index in [0.717, 1.165) is 16.6 Å². The molecular weight excluding hydrogens is 260 g/mol. The fraction of sp³-hybridized carbons (Fsp3) is 0. The summed E-state index contributed by atoms with van der Waals surface area (Å²) in [7, 11) is 0. The normalized spacial score (nSPS) is 10.6. The van der Waals surface area contributed by atoms with E-state index in [1.54, 1.807) is 12.1 Å². The van der Waals surface area contributed by atoms with E-state index in [4.69, 9.17) is 11.6 Å². The van der Waals surface area contributed by atoms with E-state index in [1.807, 2.05) is 42.5 Å². The number of benzene rings is 2. The molecule has 0 aliphatic carbocycles. The van der Waals surface area contributed by atoms with Crippen molar-refractivity contribution in [2.24, 2.45) is 0 Å². The zero-order valence-electron chi connectivity index (χ0n) is 9.97. The number of nitrogens with one attached hydrogen (secondary N) is 1. The van der Waals surface area contributed by atoms with Crippen LogP contribution in [-0.4, -0.2) is 10.1 Å². The van der Waals surface area contributed by atoms with Crippen LogP contribution in [0.15, 0.2) is 54.6 Å². The fourth-order valence-corrected chi connectivity index (χ4v) is 2.11. The molecular formula is C15H11ClN2O. The maximum atomic E-state index is 9.71. The van der Waals surface area contributed by atoms with Crippen LogP contribution in [0.4, 0.5) is 11.5 Å². The van der Waals surface area contributed by atoms with E-state index in [9.17, 15) is 5.11 Å². The molecule has 0 spiro atoms. The summed E-state index contributed by atoms with van der Waals surface area (Å²) < 4.78 is 0. The minimum Gasteiger partial charge on any atom is -0.507 e. The molecule has 2 N–H and O–H groups in total. The van der Waals surface area contributed by atoms with Gasteiger partial charge in [-0.15, -0.1) is 0 Å². The molecule has 0 bridgehead atoms. The summed E-state index contributed by atoms with van der Waals surface area (Å²) in [4.78, 5) is 4.45. The Kier molecular flexibility index (Phi) is 2.97. The van der Waals surface area contributed by atoms with Gasteiger partial charge in [0.1, 0.15) is 11.6 Å². The molecule has 94 valence electrons. The van der Waals surface area contributed by atoms with Crippen molar-refractivity contribution >= 4 is 34.0 Å². The average Bonchev–Trinajstić information content (AvgIpc) is 2.39. The number of rotatable bonds is 2. The Morgan fingerprint density at radius 1 is 1.00 bits per heavy atom. The molecule has 3 nitrogen and oxygen atoms in total. The number of hydrogen-bond donors (Lipinski definition) is 2. The first-order valence-corrected chi connectivity index (χ1v) is 6.21. The van der Waals surface area contributed by atoms with Crippen LogP contribution < -0.4 is 5.32 Å². The smallest absolute Gasteiger partial charge is 0.131 e. The molecule has 0 unspecified atom stereocenters. The Morgan fingerprint density at radius 2 is 1.84 bits per heavy atom. The quantitative estimate of drug-likeness (QED) is 0.728. The lowest BCUT2D eigenvalue weighted by Gasteiger charge is -2.07. The minimum atomic E-state index is 0.235.